The summed E-state index contributed by atoms with van der Waals surface area (Å²) in [6, 6.07) is 0. The minimum absolute atomic E-state index is 0.247. The van der Waals surface area contributed by atoms with E-state index in [1.807, 2.05) is 0 Å². The van der Waals surface area contributed by atoms with Crippen LogP contribution in [0.15, 0.2) is 11.3 Å². The number of allylic oxidation sites excluding steroid dienone is 2. The van der Waals surface area contributed by atoms with Gasteiger partial charge < -0.3 is 5.11 Å². The average molecular weight is 125 g/mol. The van der Waals surface area contributed by atoms with Crippen molar-refractivity contribution in [1.82, 2.24) is 0 Å². The molecule has 0 saturated carbocycles. The summed E-state index contributed by atoms with van der Waals surface area (Å²) in [6.07, 6.45) is 5.10. The smallest absolute Gasteiger partial charge is 0.232 e. The van der Waals surface area contributed by atoms with Gasteiger partial charge in [-0.05, 0) is 19.3 Å². The summed E-state index contributed by atoms with van der Waals surface area (Å²) in [7, 11) is 0. The molecule has 0 saturated heterocycles. The van der Waals surface area contributed by atoms with Crippen molar-refractivity contribution in [3.8, 4) is 0 Å². The van der Waals surface area contributed by atoms with Gasteiger partial charge in [-0.25, -0.2) is 0 Å². The highest BCUT2D eigenvalue weighted by Crippen LogP contribution is 2.20. The number of carbonyl (C=O) groups excluding carboxylic acids is 1. The molecule has 2 nitrogen and oxygen atoms in total. The Balaban J connectivity index is 2.70. The quantitative estimate of drug-likeness (QED) is 0.576. The normalized spacial score (nSPS) is 20.0. The minimum Gasteiger partial charge on any atom is -0.512 e. The maximum absolute atomic E-state index is 10.0. The molecular formula is C7H9O2. The van der Waals surface area contributed by atoms with E-state index >= 15 is 0 Å². The molecule has 0 heterocycles. The maximum atomic E-state index is 10.0. The Kier molecular flexibility index (Phi) is 1.88. The first-order chi connectivity index (χ1) is 4.34. The lowest BCUT2D eigenvalue weighted by molar-refractivity contribution is 0.362. The average Bonchev–Trinajstić information content (AvgIpc) is 1.89. The van der Waals surface area contributed by atoms with E-state index in [0.29, 0.717) is 18.4 Å². The van der Waals surface area contributed by atoms with E-state index in [1.165, 1.54) is 0 Å². The van der Waals surface area contributed by atoms with Crippen LogP contribution in [-0.2, 0) is 4.79 Å². The molecule has 9 heavy (non-hydrogen) atoms. The van der Waals surface area contributed by atoms with Crippen molar-refractivity contribution in [3.05, 3.63) is 11.3 Å². The Morgan fingerprint density at radius 3 is 2.44 bits per heavy atom. The van der Waals surface area contributed by atoms with Crippen LogP contribution in [0, 0.1) is 0 Å². The second kappa shape index (κ2) is 2.67. The first-order valence-corrected chi connectivity index (χ1v) is 3.13. The predicted octanol–water partition coefficient (Wildman–Crippen LogP) is 1.48. The fourth-order valence-electron chi connectivity index (χ4n) is 0.999. The molecule has 1 radical (unpaired) electrons. The molecule has 1 aliphatic carbocycles. The largest absolute Gasteiger partial charge is 0.512 e. The van der Waals surface area contributed by atoms with E-state index in [-0.39, 0.29) is 5.76 Å². The Hall–Kier alpha value is -0.790. The van der Waals surface area contributed by atoms with E-state index in [9.17, 15) is 4.79 Å². The highest BCUT2D eigenvalue weighted by atomic mass is 16.3. The van der Waals surface area contributed by atoms with Crippen LogP contribution in [0.5, 0.6) is 0 Å². The third-order valence-corrected chi connectivity index (χ3v) is 1.56. The van der Waals surface area contributed by atoms with Crippen molar-refractivity contribution in [3.63, 3.8) is 0 Å². The maximum Gasteiger partial charge on any atom is 0.232 e. The summed E-state index contributed by atoms with van der Waals surface area (Å²) < 4.78 is 0. The standard InChI is InChI=1S/C7H9O2/c8-5-6-3-1-2-4-7(6)9/h9H,1-4H2. The van der Waals surface area contributed by atoms with Gasteiger partial charge in [0, 0.05) is 12.0 Å². The second-order valence-electron chi connectivity index (χ2n) is 2.23. The van der Waals surface area contributed by atoms with Gasteiger partial charge in [-0.1, -0.05) is 0 Å². The van der Waals surface area contributed by atoms with Crippen LogP contribution in [0.4, 0.5) is 0 Å². The summed E-state index contributed by atoms with van der Waals surface area (Å²) in [4.78, 5) is 10.0. The van der Waals surface area contributed by atoms with Crippen molar-refractivity contribution in [2.24, 2.45) is 0 Å². The highest BCUT2D eigenvalue weighted by Gasteiger charge is 2.10. The zero-order valence-corrected chi connectivity index (χ0v) is 5.18. The number of rotatable bonds is 1. The Morgan fingerprint density at radius 1 is 1.33 bits per heavy atom. The summed E-state index contributed by atoms with van der Waals surface area (Å²) in [5.41, 5.74) is 0.473. The van der Waals surface area contributed by atoms with E-state index in [0.717, 1.165) is 12.8 Å². The molecule has 0 bridgehead atoms. The molecule has 0 amide bonds. The van der Waals surface area contributed by atoms with E-state index in [2.05, 4.69) is 0 Å². The summed E-state index contributed by atoms with van der Waals surface area (Å²) in [5.74, 6) is 0.247. The lowest BCUT2D eigenvalue weighted by Gasteiger charge is -2.09. The zero-order chi connectivity index (χ0) is 6.69. The molecule has 49 valence electrons. The molecule has 0 atom stereocenters. The summed E-state index contributed by atoms with van der Waals surface area (Å²) in [5, 5.41) is 8.99. The topological polar surface area (TPSA) is 37.3 Å². The SMILES string of the molecule is O=[C]C1=C(O)CCCC1. The van der Waals surface area contributed by atoms with E-state index in [4.69, 9.17) is 5.11 Å². The van der Waals surface area contributed by atoms with Crippen molar-refractivity contribution in [1.29, 1.82) is 0 Å². The molecule has 2 heteroatoms. The monoisotopic (exact) mass is 125 g/mol. The van der Waals surface area contributed by atoms with Gasteiger partial charge in [0.1, 0.15) is 0 Å². The van der Waals surface area contributed by atoms with Crippen LogP contribution in [-0.4, -0.2) is 11.4 Å². The van der Waals surface area contributed by atoms with Crippen LogP contribution in [0.25, 0.3) is 0 Å². The molecule has 0 aromatic heterocycles. The van der Waals surface area contributed by atoms with Crippen LogP contribution >= 0.6 is 0 Å². The van der Waals surface area contributed by atoms with Gasteiger partial charge in [0.2, 0.25) is 6.29 Å². The first kappa shape index (κ1) is 6.33. The van der Waals surface area contributed by atoms with Crippen molar-refractivity contribution >= 4 is 6.29 Å². The van der Waals surface area contributed by atoms with Crippen molar-refractivity contribution in [2.45, 2.75) is 25.7 Å². The van der Waals surface area contributed by atoms with Crippen LogP contribution in [0.1, 0.15) is 25.7 Å². The zero-order valence-electron chi connectivity index (χ0n) is 5.18. The van der Waals surface area contributed by atoms with Crippen LogP contribution in [0.2, 0.25) is 0 Å². The Bertz CT molecular complexity index is 147. The van der Waals surface area contributed by atoms with Crippen LogP contribution < -0.4 is 0 Å². The molecule has 0 aromatic rings. The lowest BCUT2D eigenvalue weighted by Crippen LogP contribution is -1.99. The summed E-state index contributed by atoms with van der Waals surface area (Å²) >= 11 is 0. The molecule has 1 N–H and O–H groups in total. The predicted molar refractivity (Wildman–Crippen MR) is 33.8 cm³/mol. The first-order valence-electron chi connectivity index (χ1n) is 3.13. The Labute approximate surface area is 54.2 Å². The van der Waals surface area contributed by atoms with Gasteiger partial charge in [-0.2, -0.15) is 0 Å². The van der Waals surface area contributed by atoms with Crippen LogP contribution in [0.3, 0.4) is 0 Å². The van der Waals surface area contributed by atoms with Crippen molar-refractivity contribution < 1.29 is 9.90 Å². The molecule has 0 aromatic carbocycles. The molecule has 0 fully saturated rings. The number of hydrogen-bond donors (Lipinski definition) is 1. The molecule has 1 aliphatic rings. The van der Waals surface area contributed by atoms with Gasteiger partial charge in [-0.15, -0.1) is 0 Å². The van der Waals surface area contributed by atoms with Gasteiger partial charge in [0.25, 0.3) is 0 Å². The van der Waals surface area contributed by atoms with E-state index < -0.39 is 0 Å². The van der Waals surface area contributed by atoms with E-state index in [1.54, 1.807) is 6.29 Å². The number of aliphatic hydroxyl groups excluding tert-OH is 1. The third kappa shape index (κ3) is 1.31. The second-order valence-corrected chi connectivity index (χ2v) is 2.23. The fourth-order valence-corrected chi connectivity index (χ4v) is 0.999. The molecule has 0 aliphatic heterocycles. The molecule has 0 unspecified atom stereocenters. The third-order valence-electron chi connectivity index (χ3n) is 1.56. The van der Waals surface area contributed by atoms with Crippen molar-refractivity contribution in [2.75, 3.05) is 0 Å². The number of hydrogen-bond acceptors (Lipinski definition) is 2. The molecule has 1 rings (SSSR count). The lowest BCUT2D eigenvalue weighted by atomic mass is 9.99. The molecular weight excluding hydrogens is 116 g/mol. The number of aliphatic hydroxyl groups is 1. The fraction of sp³-hybridized carbons (Fsp3) is 0.571. The molecule has 0 spiro atoms. The van der Waals surface area contributed by atoms with Gasteiger partial charge in [0.15, 0.2) is 0 Å². The minimum atomic E-state index is 0.247. The highest BCUT2D eigenvalue weighted by molar-refractivity contribution is 5.74. The van der Waals surface area contributed by atoms with Gasteiger partial charge in [0.05, 0.1) is 5.76 Å². The van der Waals surface area contributed by atoms with Gasteiger partial charge in [-0.3, -0.25) is 4.79 Å². The Morgan fingerprint density at radius 2 is 2.00 bits per heavy atom. The summed E-state index contributed by atoms with van der Waals surface area (Å²) in [6.45, 7) is 0. The van der Waals surface area contributed by atoms with Gasteiger partial charge >= 0.3 is 0 Å².